The Morgan fingerprint density at radius 3 is 2.31 bits per heavy atom. The molecule has 4 amide bonds. The lowest BCUT2D eigenvalue weighted by atomic mass is 9.92. The number of carbonyl (C=O) groups excluding carboxylic acids is 4. The van der Waals surface area contributed by atoms with E-state index in [1.54, 1.807) is 24.3 Å². The lowest BCUT2D eigenvalue weighted by Gasteiger charge is -2.40. The molecule has 5 aliphatic heterocycles. The molecule has 0 radical (unpaired) electrons. The molecule has 3 aromatic rings. The van der Waals surface area contributed by atoms with Crippen LogP contribution in [0.5, 0.6) is 5.75 Å². The summed E-state index contributed by atoms with van der Waals surface area (Å²) in [6.07, 6.45) is 5.94. The van der Waals surface area contributed by atoms with Crippen LogP contribution in [0, 0.1) is 18.3 Å². The lowest BCUT2D eigenvalue weighted by molar-refractivity contribution is -0.136. The molecule has 0 spiro atoms. The molecule has 13 nitrogen and oxygen atoms in total. The van der Waals surface area contributed by atoms with E-state index in [9.17, 15) is 19.2 Å². The number of ether oxygens (including phenoxy) is 1. The maximum absolute atomic E-state index is 15.4. The van der Waals surface area contributed by atoms with Crippen LogP contribution in [0.15, 0.2) is 42.5 Å². The summed E-state index contributed by atoms with van der Waals surface area (Å²) in [5.74, 6) is 0.715. The molecule has 9 rings (SSSR count). The van der Waals surface area contributed by atoms with Crippen molar-refractivity contribution in [2.24, 2.45) is 5.92 Å². The number of fused-ring (bicyclic) bond motifs is 2. The smallest absolute Gasteiger partial charge is 0.256 e. The van der Waals surface area contributed by atoms with E-state index in [4.69, 9.17) is 27.9 Å². The fourth-order valence-corrected chi connectivity index (χ4v) is 9.89. The van der Waals surface area contributed by atoms with Crippen molar-refractivity contribution in [2.45, 2.75) is 82.6 Å². The second-order valence-corrected chi connectivity index (χ2v) is 16.9. The number of hydrogen-bond donors (Lipinski definition) is 1. The highest BCUT2D eigenvalue weighted by molar-refractivity contribution is 6.33. The summed E-state index contributed by atoms with van der Waals surface area (Å²) >= 11 is 6.20. The molecular weight excluding hydrogens is 763 g/mol. The molecule has 58 heavy (non-hydrogen) atoms. The van der Waals surface area contributed by atoms with Crippen LogP contribution in [-0.2, 0) is 22.7 Å². The molecule has 15 heteroatoms. The number of pyridine rings is 1. The Morgan fingerprint density at radius 2 is 1.59 bits per heavy atom. The maximum Gasteiger partial charge on any atom is 0.256 e. The first-order valence-electron chi connectivity index (χ1n) is 20.5. The van der Waals surface area contributed by atoms with Gasteiger partial charge < -0.3 is 24.3 Å². The molecule has 1 saturated carbocycles. The Hall–Kier alpha value is -5.26. The standard InChI is InChI=1S/C43H46ClFN8O5/c1-46-35-8-6-30(21-33(35)44)58-29-4-2-28(3-5-29)52-25-36-31(42(52)56)7-10-39(47-36)51-14-12-26(13-15-51)23-49-16-18-50(19-17-49)38-22-32-27(20-34(38)45)24-53(43(32)57)37-9-11-40(54)48-41(37)55/h6-8,10,20-22,26,28-29,37H,2-5,9,11-19,23-25H2,(H,48,54,55). The molecule has 1 aromatic heterocycles. The number of amides is 4. The normalized spacial score (nSPS) is 24.2. The van der Waals surface area contributed by atoms with Crippen LogP contribution in [0.1, 0.15) is 83.3 Å². The van der Waals surface area contributed by atoms with E-state index in [-0.39, 0.29) is 55.1 Å². The van der Waals surface area contributed by atoms with E-state index in [1.165, 1.54) is 11.0 Å². The fraction of sp³-hybridized carbons (Fsp3) is 0.488. The third kappa shape index (κ3) is 7.46. The van der Waals surface area contributed by atoms with Crippen molar-refractivity contribution in [3.05, 3.63) is 87.1 Å². The number of imide groups is 1. The number of anilines is 2. The van der Waals surface area contributed by atoms with Crippen LogP contribution in [-0.4, -0.2) is 107 Å². The predicted molar refractivity (Wildman–Crippen MR) is 215 cm³/mol. The van der Waals surface area contributed by atoms with Gasteiger partial charge in [-0.15, -0.1) is 0 Å². The highest BCUT2D eigenvalue weighted by Gasteiger charge is 2.41. The number of nitrogens with one attached hydrogen (secondary N) is 1. The van der Waals surface area contributed by atoms with Crippen LogP contribution < -0.4 is 19.9 Å². The quantitative estimate of drug-likeness (QED) is 0.230. The predicted octanol–water partition coefficient (Wildman–Crippen LogP) is 5.57. The van der Waals surface area contributed by atoms with Gasteiger partial charge in [-0.05, 0) is 92.8 Å². The van der Waals surface area contributed by atoms with Crippen molar-refractivity contribution in [2.75, 3.05) is 55.6 Å². The molecule has 4 fully saturated rings. The van der Waals surface area contributed by atoms with Crippen molar-refractivity contribution in [1.82, 2.24) is 25.0 Å². The number of piperazine rings is 1. The third-order valence-electron chi connectivity index (χ3n) is 13.0. The Balaban J connectivity index is 0.732. The van der Waals surface area contributed by atoms with E-state index >= 15 is 4.39 Å². The first-order chi connectivity index (χ1) is 28.1. The number of rotatable bonds is 8. The van der Waals surface area contributed by atoms with Crippen molar-refractivity contribution < 1.29 is 28.3 Å². The maximum atomic E-state index is 15.4. The Morgan fingerprint density at radius 1 is 0.828 bits per heavy atom. The van der Waals surface area contributed by atoms with Gasteiger partial charge >= 0.3 is 0 Å². The van der Waals surface area contributed by atoms with Gasteiger partial charge in [-0.25, -0.2) is 14.2 Å². The largest absolute Gasteiger partial charge is 0.490 e. The zero-order chi connectivity index (χ0) is 40.1. The molecule has 1 atom stereocenters. The number of nitrogens with zero attached hydrogens (tertiary/aromatic N) is 7. The van der Waals surface area contributed by atoms with Gasteiger partial charge in [0.1, 0.15) is 23.4 Å². The Kier molecular flexibility index (Phi) is 10.4. The van der Waals surface area contributed by atoms with Crippen LogP contribution in [0.4, 0.5) is 21.6 Å². The highest BCUT2D eigenvalue weighted by Crippen LogP contribution is 2.36. The molecule has 6 aliphatic rings. The number of benzene rings is 2. The second kappa shape index (κ2) is 15.8. The molecule has 1 aliphatic carbocycles. The highest BCUT2D eigenvalue weighted by atomic mass is 35.5. The van der Waals surface area contributed by atoms with Crippen molar-refractivity contribution in [3.8, 4) is 5.75 Å². The van der Waals surface area contributed by atoms with E-state index in [0.29, 0.717) is 64.4 Å². The van der Waals surface area contributed by atoms with E-state index < -0.39 is 11.9 Å². The van der Waals surface area contributed by atoms with E-state index in [0.717, 1.165) is 82.8 Å². The van der Waals surface area contributed by atoms with Crippen LogP contribution >= 0.6 is 11.6 Å². The van der Waals surface area contributed by atoms with Crippen LogP contribution in [0.25, 0.3) is 4.85 Å². The molecule has 6 heterocycles. The molecule has 302 valence electrons. The summed E-state index contributed by atoms with van der Waals surface area (Å²) in [5, 5.41) is 2.70. The van der Waals surface area contributed by atoms with Crippen molar-refractivity contribution in [1.29, 1.82) is 0 Å². The average Bonchev–Trinajstić information content (AvgIpc) is 3.73. The van der Waals surface area contributed by atoms with Gasteiger partial charge in [-0.1, -0.05) is 17.7 Å². The summed E-state index contributed by atoms with van der Waals surface area (Å²) < 4.78 is 21.6. The topological polar surface area (TPSA) is 123 Å². The summed E-state index contributed by atoms with van der Waals surface area (Å²) in [5.41, 5.74) is 3.38. The van der Waals surface area contributed by atoms with Gasteiger partial charge in [0, 0.05) is 70.4 Å². The number of carbonyl (C=O) groups is 4. The molecule has 1 unspecified atom stereocenters. The second-order valence-electron chi connectivity index (χ2n) is 16.4. The molecule has 3 saturated heterocycles. The van der Waals surface area contributed by atoms with Gasteiger partial charge in [-0.3, -0.25) is 29.4 Å². The first kappa shape index (κ1) is 38.3. The number of aromatic nitrogens is 1. The number of halogens is 2. The SMILES string of the molecule is [C-]#[N+]c1ccc(OC2CCC(N3Cc4nc(N5CCC(CN6CCN(c7cc8c(cc7F)CN(C7CCC(=O)NC7=O)C8=O)CC6)CC5)ccc4C3=O)CC2)cc1Cl. The van der Waals surface area contributed by atoms with Gasteiger partial charge in [0.05, 0.1) is 41.2 Å². The van der Waals surface area contributed by atoms with Crippen LogP contribution in [0.2, 0.25) is 5.02 Å². The Labute approximate surface area is 341 Å². The molecule has 1 N–H and O–H groups in total. The monoisotopic (exact) mass is 808 g/mol. The summed E-state index contributed by atoms with van der Waals surface area (Å²) in [6.45, 7) is 13.5. The van der Waals surface area contributed by atoms with Crippen molar-refractivity contribution in [3.63, 3.8) is 0 Å². The Bertz CT molecular complexity index is 2190. The van der Waals surface area contributed by atoms with Crippen molar-refractivity contribution >= 4 is 52.4 Å². The summed E-state index contributed by atoms with van der Waals surface area (Å²) in [6, 6.07) is 11.6. The molecule has 2 aromatic carbocycles. The lowest BCUT2D eigenvalue weighted by Crippen LogP contribution is -2.52. The minimum absolute atomic E-state index is 0.0412. The van der Waals surface area contributed by atoms with Gasteiger partial charge in [0.25, 0.3) is 11.8 Å². The van der Waals surface area contributed by atoms with Crippen LogP contribution in [0.3, 0.4) is 0 Å². The summed E-state index contributed by atoms with van der Waals surface area (Å²) in [4.78, 5) is 69.6. The molecular formula is C43H46ClFN8O5. The van der Waals surface area contributed by atoms with E-state index in [1.807, 2.05) is 21.9 Å². The molecule has 0 bridgehead atoms. The number of hydrogen-bond acceptors (Lipinski definition) is 9. The third-order valence-corrected chi connectivity index (χ3v) is 13.3. The summed E-state index contributed by atoms with van der Waals surface area (Å²) in [7, 11) is 0. The van der Waals surface area contributed by atoms with Gasteiger partial charge in [-0.2, -0.15) is 0 Å². The zero-order valence-electron chi connectivity index (χ0n) is 32.3. The zero-order valence-corrected chi connectivity index (χ0v) is 33.1. The van der Waals surface area contributed by atoms with Gasteiger partial charge in [0.2, 0.25) is 17.5 Å². The van der Waals surface area contributed by atoms with E-state index in [2.05, 4.69) is 20.0 Å². The minimum atomic E-state index is -0.727. The minimum Gasteiger partial charge on any atom is -0.490 e. The fourth-order valence-electron chi connectivity index (χ4n) is 9.68. The number of piperidine rings is 2. The van der Waals surface area contributed by atoms with Gasteiger partial charge in [0.15, 0.2) is 0 Å². The first-order valence-corrected chi connectivity index (χ1v) is 20.8. The average molecular weight is 809 g/mol.